The van der Waals surface area contributed by atoms with Crippen LogP contribution in [0.3, 0.4) is 0 Å². The van der Waals surface area contributed by atoms with Gasteiger partial charge in [0.15, 0.2) is 0 Å². The zero-order valence-electron chi connectivity index (χ0n) is 19.8. The summed E-state index contributed by atoms with van der Waals surface area (Å²) in [6, 6.07) is 10.2. The molecule has 8 heteroatoms. The first kappa shape index (κ1) is 23.2. The molecule has 2 fully saturated rings. The lowest BCUT2D eigenvalue weighted by Crippen LogP contribution is -2.36. The van der Waals surface area contributed by atoms with E-state index in [-0.39, 0.29) is 5.91 Å². The first-order valence-corrected chi connectivity index (χ1v) is 13.2. The third-order valence-electron chi connectivity index (χ3n) is 6.84. The second-order valence-corrected chi connectivity index (χ2v) is 10.3. The monoisotopic (exact) mass is 479 g/mol. The van der Waals surface area contributed by atoms with E-state index in [1.807, 2.05) is 18.2 Å². The molecule has 0 saturated carbocycles. The van der Waals surface area contributed by atoms with Crippen molar-refractivity contribution in [3.63, 3.8) is 0 Å². The number of nitrogens with zero attached hydrogens (tertiary/aromatic N) is 4. The van der Waals surface area contributed by atoms with E-state index < -0.39 is 0 Å². The Morgan fingerprint density at radius 3 is 2.62 bits per heavy atom. The standard InChI is InChI=1S/C26H33N5O2S/c1-19(32)29-26-22(21-7-3-2-4-8-21)23-24(27-18-28-25(23)34-26)31-13-9-20(10-14-31)17-33-16-15-30-11-5-6-12-30/h2-4,7-8,18,20H,5-6,9-17H2,1H3,(H,29,32). The average molecular weight is 480 g/mol. The Bertz CT molecular complexity index is 1110. The minimum absolute atomic E-state index is 0.0798. The van der Waals surface area contributed by atoms with Crippen LogP contribution >= 0.6 is 11.3 Å². The third-order valence-corrected chi connectivity index (χ3v) is 7.85. The summed E-state index contributed by atoms with van der Waals surface area (Å²) >= 11 is 1.52. The van der Waals surface area contributed by atoms with Crippen LogP contribution in [-0.4, -0.2) is 66.7 Å². The molecule has 2 aromatic heterocycles. The molecule has 7 nitrogen and oxygen atoms in total. The van der Waals surface area contributed by atoms with Crippen LogP contribution in [-0.2, 0) is 9.53 Å². The van der Waals surface area contributed by atoms with Crippen LogP contribution in [0.1, 0.15) is 32.6 Å². The van der Waals surface area contributed by atoms with Crippen LogP contribution < -0.4 is 10.2 Å². The summed E-state index contributed by atoms with van der Waals surface area (Å²) in [6.07, 6.45) is 6.50. The van der Waals surface area contributed by atoms with Gasteiger partial charge < -0.3 is 19.9 Å². The van der Waals surface area contributed by atoms with Crippen LogP contribution in [0.5, 0.6) is 0 Å². The topological polar surface area (TPSA) is 70.6 Å². The minimum atomic E-state index is -0.0798. The highest BCUT2D eigenvalue weighted by Crippen LogP contribution is 2.45. The van der Waals surface area contributed by atoms with E-state index in [9.17, 15) is 4.79 Å². The summed E-state index contributed by atoms with van der Waals surface area (Å²) in [4.78, 5) is 27.0. The second-order valence-electron chi connectivity index (χ2n) is 9.28. The van der Waals surface area contributed by atoms with Gasteiger partial charge in [-0.15, -0.1) is 0 Å². The van der Waals surface area contributed by atoms with Crippen molar-refractivity contribution in [3.8, 4) is 11.1 Å². The molecule has 0 bridgehead atoms. The Morgan fingerprint density at radius 2 is 1.88 bits per heavy atom. The van der Waals surface area contributed by atoms with Gasteiger partial charge in [-0.3, -0.25) is 4.79 Å². The number of carbonyl (C=O) groups excluding carboxylic acids is 1. The van der Waals surface area contributed by atoms with Crippen molar-refractivity contribution in [2.75, 3.05) is 56.2 Å². The molecule has 0 unspecified atom stereocenters. The van der Waals surface area contributed by atoms with E-state index in [2.05, 4.69) is 32.2 Å². The first-order valence-electron chi connectivity index (χ1n) is 12.3. The summed E-state index contributed by atoms with van der Waals surface area (Å²) in [5, 5.41) is 4.88. The van der Waals surface area contributed by atoms with Crippen molar-refractivity contribution >= 4 is 38.3 Å². The number of amides is 1. The van der Waals surface area contributed by atoms with E-state index in [1.54, 1.807) is 13.3 Å². The molecule has 0 atom stereocenters. The predicted molar refractivity (Wildman–Crippen MR) is 139 cm³/mol. The number of benzene rings is 1. The fourth-order valence-corrected chi connectivity index (χ4v) is 6.15. The number of thiophene rings is 1. The largest absolute Gasteiger partial charge is 0.380 e. The molecule has 3 aromatic rings. The highest BCUT2D eigenvalue weighted by molar-refractivity contribution is 7.23. The lowest BCUT2D eigenvalue weighted by atomic mass is 9.97. The fourth-order valence-electron chi connectivity index (χ4n) is 5.05. The van der Waals surface area contributed by atoms with Gasteiger partial charge in [-0.1, -0.05) is 41.7 Å². The van der Waals surface area contributed by atoms with Crippen LogP contribution in [0.2, 0.25) is 0 Å². The number of anilines is 2. The Hall–Kier alpha value is -2.55. The maximum absolute atomic E-state index is 11.9. The van der Waals surface area contributed by atoms with Gasteiger partial charge in [0.25, 0.3) is 0 Å². The number of likely N-dealkylation sites (tertiary alicyclic amines) is 1. The summed E-state index contributed by atoms with van der Waals surface area (Å²) < 4.78 is 6.04. The van der Waals surface area contributed by atoms with Crippen LogP contribution in [0.15, 0.2) is 36.7 Å². The third kappa shape index (κ3) is 5.24. The SMILES string of the molecule is CC(=O)Nc1sc2ncnc(N3CCC(COCCN4CCCC4)CC3)c2c1-c1ccccc1. The Kier molecular flexibility index (Phi) is 7.37. The Morgan fingerprint density at radius 1 is 1.12 bits per heavy atom. The van der Waals surface area contributed by atoms with Gasteiger partial charge >= 0.3 is 0 Å². The van der Waals surface area contributed by atoms with Gasteiger partial charge in [-0.25, -0.2) is 9.97 Å². The molecule has 1 N–H and O–H groups in total. The van der Waals surface area contributed by atoms with Crippen molar-refractivity contribution < 1.29 is 9.53 Å². The lowest BCUT2D eigenvalue weighted by Gasteiger charge is -2.33. The van der Waals surface area contributed by atoms with E-state index in [4.69, 9.17) is 9.72 Å². The molecule has 2 saturated heterocycles. The van der Waals surface area contributed by atoms with Gasteiger partial charge in [0.2, 0.25) is 5.91 Å². The molecule has 1 aromatic carbocycles. The van der Waals surface area contributed by atoms with Gasteiger partial charge in [-0.2, -0.15) is 0 Å². The zero-order valence-corrected chi connectivity index (χ0v) is 20.6. The Labute approximate surface area is 205 Å². The highest BCUT2D eigenvalue weighted by atomic mass is 32.1. The molecule has 180 valence electrons. The molecule has 2 aliphatic rings. The molecule has 0 aliphatic carbocycles. The minimum Gasteiger partial charge on any atom is -0.380 e. The number of piperidine rings is 1. The molecule has 0 spiro atoms. The molecule has 34 heavy (non-hydrogen) atoms. The van der Waals surface area contributed by atoms with Crippen LogP contribution in [0.4, 0.5) is 10.8 Å². The van der Waals surface area contributed by atoms with Gasteiger partial charge in [0.1, 0.15) is 22.0 Å². The summed E-state index contributed by atoms with van der Waals surface area (Å²) in [5.41, 5.74) is 2.08. The van der Waals surface area contributed by atoms with Crippen LogP contribution in [0, 0.1) is 5.92 Å². The van der Waals surface area contributed by atoms with Crippen LogP contribution in [0.25, 0.3) is 21.3 Å². The lowest BCUT2D eigenvalue weighted by molar-refractivity contribution is -0.114. The molecular formula is C26H33N5O2S. The van der Waals surface area contributed by atoms with Crippen molar-refractivity contribution in [1.29, 1.82) is 0 Å². The Balaban J connectivity index is 1.30. The molecule has 4 heterocycles. The molecule has 2 aliphatic heterocycles. The van der Waals surface area contributed by atoms with Crippen molar-refractivity contribution in [2.45, 2.75) is 32.6 Å². The number of nitrogens with one attached hydrogen (secondary N) is 1. The molecule has 1 amide bonds. The quantitative estimate of drug-likeness (QED) is 0.475. The smallest absolute Gasteiger partial charge is 0.221 e. The number of hydrogen-bond donors (Lipinski definition) is 1. The number of hydrogen-bond acceptors (Lipinski definition) is 7. The number of ether oxygens (including phenoxy) is 1. The number of fused-ring (bicyclic) bond motifs is 1. The van der Waals surface area contributed by atoms with Crippen molar-refractivity contribution in [2.24, 2.45) is 5.92 Å². The zero-order chi connectivity index (χ0) is 23.3. The average Bonchev–Trinajstić information content (AvgIpc) is 3.50. The summed E-state index contributed by atoms with van der Waals surface area (Å²) in [5.74, 6) is 1.48. The molecule has 0 radical (unpaired) electrons. The van der Waals surface area contributed by atoms with Crippen molar-refractivity contribution in [1.82, 2.24) is 14.9 Å². The maximum atomic E-state index is 11.9. The predicted octanol–water partition coefficient (Wildman–Crippen LogP) is 4.65. The maximum Gasteiger partial charge on any atom is 0.221 e. The van der Waals surface area contributed by atoms with E-state index in [1.165, 1.54) is 37.3 Å². The van der Waals surface area contributed by atoms with E-state index in [0.29, 0.717) is 5.92 Å². The van der Waals surface area contributed by atoms with E-state index >= 15 is 0 Å². The van der Waals surface area contributed by atoms with Gasteiger partial charge in [0, 0.05) is 38.7 Å². The summed E-state index contributed by atoms with van der Waals surface area (Å²) in [7, 11) is 0. The number of rotatable bonds is 8. The molecule has 5 rings (SSSR count). The van der Waals surface area contributed by atoms with Gasteiger partial charge in [-0.05, 0) is 50.3 Å². The normalized spacial score (nSPS) is 17.5. The number of carbonyl (C=O) groups is 1. The number of aromatic nitrogens is 2. The molecular weight excluding hydrogens is 446 g/mol. The van der Waals surface area contributed by atoms with Gasteiger partial charge in [0.05, 0.1) is 12.0 Å². The highest BCUT2D eigenvalue weighted by Gasteiger charge is 2.26. The fraction of sp³-hybridized carbons (Fsp3) is 0.500. The first-order chi connectivity index (χ1) is 16.7. The van der Waals surface area contributed by atoms with E-state index in [0.717, 1.165) is 77.9 Å². The summed E-state index contributed by atoms with van der Waals surface area (Å²) in [6.45, 7) is 8.66. The second kappa shape index (κ2) is 10.8. The van der Waals surface area contributed by atoms with Crippen molar-refractivity contribution in [3.05, 3.63) is 36.7 Å².